The van der Waals surface area contributed by atoms with E-state index in [-0.39, 0.29) is 34.1 Å². The first kappa shape index (κ1) is 24.2. The molecule has 0 aliphatic heterocycles. The zero-order valence-corrected chi connectivity index (χ0v) is 18.4. The van der Waals surface area contributed by atoms with E-state index in [4.69, 9.17) is 10.5 Å². The molecule has 4 N–H and O–H groups in total. The van der Waals surface area contributed by atoms with E-state index in [1.54, 1.807) is 11.4 Å². The van der Waals surface area contributed by atoms with E-state index in [0.29, 0.717) is 3.57 Å². The number of alkyl halides is 3. The van der Waals surface area contributed by atoms with Crippen LogP contribution in [-0.4, -0.2) is 18.0 Å². The first-order chi connectivity index (χ1) is 15.4. The van der Waals surface area contributed by atoms with Gasteiger partial charge in [-0.05, 0) is 59.0 Å². The summed E-state index contributed by atoms with van der Waals surface area (Å²) >= 11 is 1.90. The maximum absolute atomic E-state index is 14.3. The number of carbonyl (C=O) groups excluding carboxylic acids is 2. The first-order valence-corrected chi connectivity index (χ1v) is 10.0. The van der Waals surface area contributed by atoms with Crippen LogP contribution < -0.4 is 21.1 Å². The topological polar surface area (TPSA) is 93.5 Å². The van der Waals surface area contributed by atoms with Crippen molar-refractivity contribution in [3.8, 4) is 11.5 Å². The van der Waals surface area contributed by atoms with Crippen LogP contribution in [0.4, 0.5) is 39.0 Å². The quantitative estimate of drug-likeness (QED) is 0.259. The Balaban J connectivity index is 1.96. The van der Waals surface area contributed by atoms with Gasteiger partial charge in [0.05, 0.1) is 11.4 Å². The summed E-state index contributed by atoms with van der Waals surface area (Å²) in [7, 11) is 0. The minimum Gasteiger partial charge on any atom is -0.456 e. The van der Waals surface area contributed by atoms with Crippen LogP contribution in [0.25, 0.3) is 0 Å². The number of carbonyl (C=O) groups is 2. The van der Waals surface area contributed by atoms with Crippen LogP contribution in [0.15, 0.2) is 54.6 Å². The molecule has 0 atom stereocenters. The molecule has 2 amide bonds. The van der Waals surface area contributed by atoms with E-state index >= 15 is 0 Å². The van der Waals surface area contributed by atoms with Gasteiger partial charge in [0.2, 0.25) is 0 Å². The van der Waals surface area contributed by atoms with Crippen molar-refractivity contribution in [2.75, 3.05) is 10.6 Å². The molecule has 0 radical (unpaired) electrons. The molecule has 6 nitrogen and oxygen atoms in total. The molecule has 0 spiro atoms. The van der Waals surface area contributed by atoms with Crippen molar-refractivity contribution in [1.29, 1.82) is 0 Å². The van der Waals surface area contributed by atoms with Gasteiger partial charge < -0.3 is 21.1 Å². The Kier molecular flexibility index (Phi) is 7.05. The lowest BCUT2D eigenvalue weighted by Gasteiger charge is -2.16. The predicted octanol–water partition coefficient (Wildman–Crippen LogP) is 5.71. The van der Waals surface area contributed by atoms with Crippen molar-refractivity contribution < 1.29 is 36.3 Å². The van der Waals surface area contributed by atoms with Crippen LogP contribution >= 0.6 is 22.6 Å². The maximum Gasteiger partial charge on any atom is 0.471 e. The molecule has 0 aliphatic carbocycles. The predicted molar refractivity (Wildman–Crippen MR) is 119 cm³/mol. The minimum absolute atomic E-state index is 0.0636. The third kappa shape index (κ3) is 6.09. The Morgan fingerprint density at radius 2 is 1.70 bits per heavy atom. The van der Waals surface area contributed by atoms with Crippen LogP contribution in [0.1, 0.15) is 10.4 Å². The molecule has 3 rings (SSSR count). The number of amides is 2. The van der Waals surface area contributed by atoms with Crippen LogP contribution in [-0.2, 0) is 4.79 Å². The Labute approximate surface area is 197 Å². The van der Waals surface area contributed by atoms with Gasteiger partial charge in [0.25, 0.3) is 5.91 Å². The molecule has 0 fully saturated rings. The molecule has 12 heteroatoms. The summed E-state index contributed by atoms with van der Waals surface area (Å²) in [5.41, 5.74) is 4.57. The van der Waals surface area contributed by atoms with Gasteiger partial charge in [-0.1, -0.05) is 6.07 Å². The van der Waals surface area contributed by atoms with E-state index in [1.807, 2.05) is 22.6 Å². The third-order valence-corrected chi connectivity index (χ3v) is 4.76. The molecule has 33 heavy (non-hydrogen) atoms. The number of halogens is 6. The SMILES string of the molecule is NC(=O)c1c(Nc2ccc(I)cc2F)cc(F)cc1Oc1cccc(NC(=O)C(F)(F)F)c1. The second kappa shape index (κ2) is 9.60. The van der Waals surface area contributed by atoms with Crippen LogP contribution in [0, 0.1) is 15.2 Å². The van der Waals surface area contributed by atoms with E-state index in [9.17, 15) is 31.5 Å². The fourth-order valence-corrected chi connectivity index (χ4v) is 3.17. The van der Waals surface area contributed by atoms with E-state index in [2.05, 4.69) is 5.32 Å². The lowest BCUT2D eigenvalue weighted by molar-refractivity contribution is -0.167. The van der Waals surface area contributed by atoms with Crippen molar-refractivity contribution in [3.63, 3.8) is 0 Å². The smallest absolute Gasteiger partial charge is 0.456 e. The third-order valence-electron chi connectivity index (χ3n) is 4.09. The highest BCUT2D eigenvalue weighted by Gasteiger charge is 2.38. The number of primary amides is 1. The fraction of sp³-hybridized carbons (Fsp3) is 0.0476. The van der Waals surface area contributed by atoms with E-state index < -0.39 is 29.6 Å². The normalized spacial score (nSPS) is 11.1. The van der Waals surface area contributed by atoms with Crippen molar-refractivity contribution in [2.24, 2.45) is 5.73 Å². The number of hydrogen-bond donors (Lipinski definition) is 3. The average Bonchev–Trinajstić information content (AvgIpc) is 2.69. The van der Waals surface area contributed by atoms with E-state index in [0.717, 1.165) is 18.2 Å². The monoisotopic (exact) mass is 577 g/mol. The number of ether oxygens (including phenoxy) is 1. The Morgan fingerprint density at radius 1 is 0.970 bits per heavy atom. The maximum atomic E-state index is 14.3. The van der Waals surface area contributed by atoms with Gasteiger partial charge in [0.15, 0.2) is 0 Å². The highest BCUT2D eigenvalue weighted by Crippen LogP contribution is 2.35. The molecule has 0 bridgehead atoms. The second-order valence-electron chi connectivity index (χ2n) is 6.52. The molecule has 0 aromatic heterocycles. The molecule has 3 aromatic carbocycles. The standard InChI is InChI=1S/C21H13F5IN3O3/c22-10-6-16(30-15-5-4-11(27)8-14(15)23)18(19(28)31)17(7-10)33-13-3-1-2-12(9-13)29-20(32)21(24,25)26/h1-9,30H,(H2,28,31)(H,29,32). The molecule has 172 valence electrons. The number of benzene rings is 3. The molecule has 0 heterocycles. The number of nitrogens with two attached hydrogens (primary N) is 1. The zero-order valence-electron chi connectivity index (χ0n) is 16.3. The first-order valence-electron chi connectivity index (χ1n) is 8.95. The summed E-state index contributed by atoms with van der Waals surface area (Å²) in [6, 6.07) is 10.7. The van der Waals surface area contributed by atoms with Crippen LogP contribution in [0.5, 0.6) is 11.5 Å². The van der Waals surface area contributed by atoms with Crippen molar-refractivity contribution in [1.82, 2.24) is 0 Å². The molecular weight excluding hydrogens is 564 g/mol. The summed E-state index contributed by atoms with van der Waals surface area (Å²) in [5, 5.41) is 4.24. The lowest BCUT2D eigenvalue weighted by atomic mass is 10.1. The fourth-order valence-electron chi connectivity index (χ4n) is 2.72. The minimum atomic E-state index is -5.11. The van der Waals surface area contributed by atoms with Gasteiger partial charge in [-0.3, -0.25) is 9.59 Å². The van der Waals surface area contributed by atoms with Gasteiger partial charge >= 0.3 is 12.1 Å². The summed E-state index contributed by atoms with van der Waals surface area (Å²) in [6.07, 6.45) is -5.11. The van der Waals surface area contributed by atoms with Gasteiger partial charge in [0, 0.05) is 21.4 Å². The highest BCUT2D eigenvalue weighted by atomic mass is 127. The number of hydrogen-bond acceptors (Lipinski definition) is 4. The molecular formula is C21H13F5IN3O3. The number of anilines is 3. The van der Waals surface area contributed by atoms with Crippen LogP contribution in [0.3, 0.4) is 0 Å². The summed E-state index contributed by atoms with van der Waals surface area (Å²) in [4.78, 5) is 23.2. The second-order valence-corrected chi connectivity index (χ2v) is 7.77. The molecule has 0 saturated carbocycles. The summed E-state index contributed by atoms with van der Waals surface area (Å²) < 4.78 is 72.0. The Hall–Kier alpha value is -3.42. The highest BCUT2D eigenvalue weighted by molar-refractivity contribution is 14.1. The van der Waals surface area contributed by atoms with Crippen molar-refractivity contribution >= 4 is 51.5 Å². The Bertz CT molecular complexity index is 1230. The average molecular weight is 577 g/mol. The van der Waals surface area contributed by atoms with Gasteiger partial charge in [-0.2, -0.15) is 13.2 Å². The number of nitrogens with one attached hydrogen (secondary N) is 2. The lowest BCUT2D eigenvalue weighted by Crippen LogP contribution is -2.29. The largest absolute Gasteiger partial charge is 0.471 e. The summed E-state index contributed by atoms with van der Waals surface area (Å²) in [6.45, 7) is 0. The van der Waals surface area contributed by atoms with Gasteiger partial charge in [-0.25, -0.2) is 8.78 Å². The molecule has 0 saturated heterocycles. The van der Waals surface area contributed by atoms with Gasteiger partial charge in [0.1, 0.15) is 28.7 Å². The number of rotatable bonds is 6. The van der Waals surface area contributed by atoms with Crippen molar-refractivity contribution in [3.05, 3.63) is 75.4 Å². The molecule has 0 aliphatic rings. The van der Waals surface area contributed by atoms with Crippen molar-refractivity contribution in [2.45, 2.75) is 6.18 Å². The van der Waals surface area contributed by atoms with Crippen LogP contribution in [0.2, 0.25) is 0 Å². The van der Waals surface area contributed by atoms with Gasteiger partial charge in [-0.15, -0.1) is 0 Å². The van der Waals surface area contributed by atoms with E-state index in [1.165, 1.54) is 30.3 Å². The molecule has 0 unspecified atom stereocenters. The zero-order chi connectivity index (χ0) is 24.3. The molecule has 3 aromatic rings. The Morgan fingerprint density at radius 3 is 2.33 bits per heavy atom. The summed E-state index contributed by atoms with van der Waals surface area (Å²) in [5.74, 6) is -5.29.